The average Bonchev–Trinajstić information content (AvgIpc) is 0. The predicted molar refractivity (Wildman–Crippen MR) is 1.37 cm³/mol. The number of hydrogen-bond donors (Lipinski definition) is 0. The largest absolute Gasteiger partial charge is 4.00 e. The Labute approximate surface area is 94.2 Å². The molecule has 0 heterocycles. The van der Waals surface area contributed by atoms with Crippen molar-refractivity contribution in [2.24, 2.45) is 0 Å². The van der Waals surface area contributed by atoms with E-state index in [0.29, 0.717) is 0 Å². The third kappa shape index (κ3) is 20.2. The zero-order chi connectivity index (χ0) is 0. The molecular weight excluding hydrogens is 268 g/mol. The first-order valence-corrected chi connectivity index (χ1v) is 0. The number of rotatable bonds is 0. The van der Waals surface area contributed by atoms with Crippen molar-refractivity contribution in [1.29, 1.82) is 0 Å². The zero-order valence-corrected chi connectivity index (χ0v) is 8.58. The van der Waals surface area contributed by atoms with Gasteiger partial charge in [0.15, 0.2) is 0 Å². The monoisotopic (exact) mass is 268 g/mol. The van der Waals surface area contributed by atoms with Crippen LogP contribution in [0.25, 0.3) is 0 Å². The minimum absolute atomic E-state index is 0. The van der Waals surface area contributed by atoms with Crippen molar-refractivity contribution in [2.45, 2.75) is 0 Å². The Morgan fingerprint density at radius 1 is 0.600 bits per heavy atom. The van der Waals surface area contributed by atoms with E-state index in [1.54, 1.807) is 0 Å². The molecule has 17 valence electrons. The molecular formula is CeO2Ti2+7. The van der Waals surface area contributed by atoms with E-state index in [1.165, 1.54) is 0 Å². The second-order valence-corrected chi connectivity index (χ2v) is 0. The molecule has 0 amide bonds. The van der Waals surface area contributed by atoms with Crippen LogP contribution >= 0.6 is 0 Å². The van der Waals surface area contributed by atoms with Gasteiger partial charge in [0, 0.05) is 0 Å². The molecule has 0 bridgehead atoms. The van der Waals surface area contributed by atoms with Crippen LogP contribution in [0.1, 0.15) is 0 Å². The topological polar surface area (TPSA) is 57.0 Å². The molecule has 0 saturated carbocycles. The smallest absolute Gasteiger partial charge is 2.00 e. The molecule has 0 aromatic heterocycles. The van der Waals surface area contributed by atoms with Crippen molar-refractivity contribution in [1.82, 2.24) is 0 Å². The third-order valence-electron chi connectivity index (χ3n) is 0. The Hall–Kier alpha value is 2.73. The summed E-state index contributed by atoms with van der Waals surface area (Å²) in [6.45, 7) is 0. The van der Waals surface area contributed by atoms with Gasteiger partial charge in [0.25, 0.3) is 0 Å². The Bertz CT molecular complexity index is 7.61. The van der Waals surface area contributed by atoms with Gasteiger partial charge in [-0.05, 0) is 0 Å². The minimum Gasteiger partial charge on any atom is -2.00 e. The Balaban J connectivity index is 0. The summed E-state index contributed by atoms with van der Waals surface area (Å²) in [6, 6.07) is 0. The molecule has 0 rings (SSSR count). The molecule has 0 aromatic rings. The van der Waals surface area contributed by atoms with Gasteiger partial charge < -0.3 is 11.0 Å². The van der Waals surface area contributed by atoms with E-state index in [-0.39, 0.29) is 96.1 Å². The second-order valence-electron chi connectivity index (χ2n) is 0. The van der Waals surface area contributed by atoms with E-state index in [4.69, 9.17) is 0 Å². The van der Waals surface area contributed by atoms with Crippen LogP contribution in [0, 0.1) is 41.7 Å². The van der Waals surface area contributed by atoms with E-state index < -0.39 is 0 Å². The van der Waals surface area contributed by atoms with E-state index in [1.807, 2.05) is 0 Å². The molecule has 0 spiro atoms. The maximum Gasteiger partial charge on any atom is 4.00 e. The van der Waals surface area contributed by atoms with Gasteiger partial charge in [0.05, 0.1) is 0 Å². The summed E-state index contributed by atoms with van der Waals surface area (Å²) in [7, 11) is 0. The van der Waals surface area contributed by atoms with Crippen LogP contribution < -0.4 is 0 Å². The molecule has 0 saturated heterocycles. The van der Waals surface area contributed by atoms with Gasteiger partial charge in [0.1, 0.15) is 0 Å². The maximum absolute atomic E-state index is 0. The van der Waals surface area contributed by atoms with Gasteiger partial charge in [0.2, 0.25) is 0 Å². The predicted octanol–water partition coefficient (Wildman–Crippen LogP) is -0.243. The van der Waals surface area contributed by atoms with Crippen molar-refractivity contribution in [3.8, 4) is 0 Å². The van der Waals surface area contributed by atoms with E-state index in [9.17, 15) is 0 Å². The SMILES string of the molecule is [Ce+3].[O-2].[O-2].[Ti+4].[Ti+4]. The first-order valence-electron chi connectivity index (χ1n) is 0. The van der Waals surface area contributed by atoms with Crippen LogP contribution in [-0.4, -0.2) is 0 Å². The fraction of sp³-hybridized carbons (Fsp3) is 0. The van der Waals surface area contributed by atoms with Crippen molar-refractivity contribution < 1.29 is 96.1 Å². The minimum atomic E-state index is 0. The van der Waals surface area contributed by atoms with Crippen molar-refractivity contribution in [2.75, 3.05) is 0 Å². The van der Waals surface area contributed by atoms with Crippen LogP contribution in [0.15, 0.2) is 0 Å². The second kappa shape index (κ2) is 29.7. The van der Waals surface area contributed by atoms with Crippen LogP contribution in [0.3, 0.4) is 0 Å². The summed E-state index contributed by atoms with van der Waals surface area (Å²) in [4.78, 5) is 0. The summed E-state index contributed by atoms with van der Waals surface area (Å²) in [5, 5.41) is 0. The summed E-state index contributed by atoms with van der Waals surface area (Å²) < 4.78 is 0. The summed E-state index contributed by atoms with van der Waals surface area (Å²) in [5.41, 5.74) is 0. The molecule has 0 aromatic carbocycles. The van der Waals surface area contributed by atoms with Gasteiger partial charge in [-0.15, -0.1) is 0 Å². The van der Waals surface area contributed by atoms with E-state index in [2.05, 4.69) is 0 Å². The fourth-order valence-electron chi connectivity index (χ4n) is 0. The molecule has 0 aliphatic rings. The van der Waals surface area contributed by atoms with Crippen LogP contribution in [-0.2, 0) is 54.4 Å². The van der Waals surface area contributed by atoms with Gasteiger partial charge in [-0.1, -0.05) is 0 Å². The molecule has 0 atom stereocenters. The third-order valence-corrected chi connectivity index (χ3v) is 0. The molecule has 0 aliphatic carbocycles. The quantitative estimate of drug-likeness (QED) is 0.544. The fourth-order valence-corrected chi connectivity index (χ4v) is 0. The first kappa shape index (κ1) is 47.0. The standard InChI is InChI=1S/Ce.2O.2Ti/q+3;2*-2;2*+4. The molecule has 0 unspecified atom stereocenters. The maximum atomic E-state index is 0. The van der Waals surface area contributed by atoms with E-state index in [0.717, 1.165) is 0 Å². The summed E-state index contributed by atoms with van der Waals surface area (Å²) in [6.07, 6.45) is 0. The van der Waals surface area contributed by atoms with Crippen LogP contribution in [0.5, 0.6) is 0 Å². The van der Waals surface area contributed by atoms with Gasteiger partial charge >= 0.3 is 85.2 Å². The van der Waals surface area contributed by atoms with Crippen molar-refractivity contribution >= 4 is 0 Å². The molecule has 5 heteroatoms. The molecule has 0 fully saturated rings. The Morgan fingerprint density at radius 3 is 0.600 bits per heavy atom. The molecule has 2 nitrogen and oxygen atoms in total. The van der Waals surface area contributed by atoms with Gasteiger partial charge in [-0.2, -0.15) is 0 Å². The molecule has 0 aliphatic heterocycles. The average molecular weight is 268 g/mol. The normalized spacial score (nSPS) is 0. The van der Waals surface area contributed by atoms with E-state index >= 15 is 0 Å². The summed E-state index contributed by atoms with van der Waals surface area (Å²) in [5.74, 6) is 0. The van der Waals surface area contributed by atoms with Crippen LogP contribution in [0.4, 0.5) is 0 Å². The molecule has 5 heavy (non-hydrogen) atoms. The van der Waals surface area contributed by atoms with Crippen molar-refractivity contribution in [3.05, 3.63) is 0 Å². The van der Waals surface area contributed by atoms with Crippen molar-refractivity contribution in [3.63, 3.8) is 0 Å². The van der Waals surface area contributed by atoms with Crippen LogP contribution in [0.2, 0.25) is 0 Å². The molecule has 1 radical (unpaired) electrons. The van der Waals surface area contributed by atoms with Gasteiger partial charge in [-0.25, -0.2) is 0 Å². The molecule has 0 N–H and O–H groups in total. The number of hydrogen-bond acceptors (Lipinski definition) is 0. The Morgan fingerprint density at radius 2 is 0.600 bits per heavy atom. The van der Waals surface area contributed by atoms with Gasteiger partial charge in [-0.3, -0.25) is 0 Å². The summed E-state index contributed by atoms with van der Waals surface area (Å²) >= 11 is 0. The first-order chi connectivity index (χ1) is 0. The zero-order valence-electron chi connectivity index (χ0n) is 2.32. The Kier molecular flexibility index (Phi) is 279.